The van der Waals surface area contributed by atoms with E-state index in [4.69, 9.17) is 0 Å². The summed E-state index contributed by atoms with van der Waals surface area (Å²) >= 11 is 0. The second kappa shape index (κ2) is 8.45. The van der Waals surface area contributed by atoms with Crippen molar-refractivity contribution in [3.05, 3.63) is 42.0 Å². The van der Waals surface area contributed by atoms with Crippen LogP contribution in [-0.2, 0) is 9.59 Å². The molecule has 0 aliphatic carbocycles. The molecule has 2 saturated heterocycles. The van der Waals surface area contributed by atoms with Crippen LogP contribution in [0.4, 0.5) is 0 Å². The predicted molar refractivity (Wildman–Crippen MR) is 122 cm³/mol. The molecule has 3 amide bonds. The zero-order valence-electron chi connectivity index (χ0n) is 19.0. The Balaban J connectivity index is 1.47. The van der Waals surface area contributed by atoms with E-state index >= 15 is 0 Å². The molecule has 0 spiro atoms. The van der Waals surface area contributed by atoms with Crippen molar-refractivity contribution in [3.63, 3.8) is 0 Å². The largest absolute Gasteiger partial charge is 0.506 e. The number of benzene rings is 2. The number of rotatable bonds is 2. The van der Waals surface area contributed by atoms with Crippen molar-refractivity contribution in [2.24, 2.45) is 5.41 Å². The Morgan fingerprint density at radius 3 is 2.25 bits per heavy atom. The summed E-state index contributed by atoms with van der Waals surface area (Å²) in [5, 5.41) is 12.2. The molecule has 7 heteroatoms. The van der Waals surface area contributed by atoms with Crippen molar-refractivity contribution < 1.29 is 19.5 Å². The van der Waals surface area contributed by atoms with Gasteiger partial charge in [-0.1, -0.05) is 51.1 Å². The highest BCUT2D eigenvalue weighted by Crippen LogP contribution is 2.32. The molecule has 2 fully saturated rings. The number of phenolic OH excluding ortho intramolecular Hbond substituents is 1. The summed E-state index contributed by atoms with van der Waals surface area (Å²) in [6, 6.07) is 10.3. The van der Waals surface area contributed by atoms with Crippen LogP contribution in [0.15, 0.2) is 36.4 Å². The Morgan fingerprint density at radius 1 is 0.906 bits per heavy atom. The Kier molecular flexibility index (Phi) is 5.84. The first-order valence-corrected chi connectivity index (χ1v) is 11.3. The van der Waals surface area contributed by atoms with Gasteiger partial charge in [0.2, 0.25) is 11.8 Å². The SMILES string of the molecule is CC(C)(C)C(=O)N1CCN(C(=O)C2CCCN2C(=O)c2ccc3ccccc3c2O)CC1. The van der Waals surface area contributed by atoms with Crippen LogP contribution in [-0.4, -0.2) is 76.3 Å². The van der Waals surface area contributed by atoms with Crippen molar-refractivity contribution in [2.75, 3.05) is 32.7 Å². The second-order valence-corrected chi connectivity index (χ2v) is 9.71. The molecule has 2 aliphatic heterocycles. The maximum absolute atomic E-state index is 13.3. The summed E-state index contributed by atoms with van der Waals surface area (Å²) < 4.78 is 0. The average molecular weight is 438 g/mol. The lowest BCUT2D eigenvalue weighted by Crippen LogP contribution is -2.56. The molecule has 0 aromatic heterocycles. The van der Waals surface area contributed by atoms with Gasteiger partial charge >= 0.3 is 0 Å². The maximum atomic E-state index is 13.3. The Bertz CT molecular complexity index is 1050. The normalized spacial score (nSPS) is 19.5. The second-order valence-electron chi connectivity index (χ2n) is 9.71. The van der Waals surface area contributed by atoms with E-state index in [0.29, 0.717) is 44.5 Å². The summed E-state index contributed by atoms with van der Waals surface area (Å²) in [6.45, 7) is 8.15. The fourth-order valence-corrected chi connectivity index (χ4v) is 4.66. The third-order valence-electron chi connectivity index (χ3n) is 6.45. The lowest BCUT2D eigenvalue weighted by molar-refractivity contribution is -0.146. The van der Waals surface area contributed by atoms with Crippen LogP contribution in [0.3, 0.4) is 0 Å². The monoisotopic (exact) mass is 437 g/mol. The third-order valence-corrected chi connectivity index (χ3v) is 6.45. The number of hydrogen-bond donors (Lipinski definition) is 1. The molecule has 2 heterocycles. The molecule has 32 heavy (non-hydrogen) atoms. The van der Waals surface area contributed by atoms with Crippen LogP contribution >= 0.6 is 0 Å². The van der Waals surface area contributed by atoms with E-state index in [2.05, 4.69) is 0 Å². The number of fused-ring (bicyclic) bond motifs is 1. The van der Waals surface area contributed by atoms with Gasteiger partial charge in [-0.05, 0) is 24.3 Å². The minimum Gasteiger partial charge on any atom is -0.506 e. The van der Waals surface area contributed by atoms with Crippen molar-refractivity contribution >= 4 is 28.5 Å². The number of piperazine rings is 1. The van der Waals surface area contributed by atoms with Gasteiger partial charge in [0.15, 0.2) is 0 Å². The molecule has 2 aromatic carbocycles. The van der Waals surface area contributed by atoms with Gasteiger partial charge < -0.3 is 19.8 Å². The van der Waals surface area contributed by atoms with Gasteiger partial charge in [-0.15, -0.1) is 0 Å². The molecule has 0 radical (unpaired) electrons. The van der Waals surface area contributed by atoms with Crippen molar-refractivity contribution in [1.82, 2.24) is 14.7 Å². The van der Waals surface area contributed by atoms with E-state index in [1.54, 1.807) is 21.9 Å². The lowest BCUT2D eigenvalue weighted by Gasteiger charge is -2.39. The molecule has 7 nitrogen and oxygen atoms in total. The topological polar surface area (TPSA) is 81.2 Å². The van der Waals surface area contributed by atoms with Gasteiger partial charge in [-0.2, -0.15) is 0 Å². The first-order chi connectivity index (χ1) is 15.2. The van der Waals surface area contributed by atoms with E-state index in [1.807, 2.05) is 49.9 Å². The molecule has 0 saturated carbocycles. The van der Waals surface area contributed by atoms with Crippen molar-refractivity contribution in [1.29, 1.82) is 0 Å². The first kappa shape index (κ1) is 22.1. The molecule has 1 unspecified atom stereocenters. The van der Waals surface area contributed by atoms with Crippen LogP contribution in [0.2, 0.25) is 0 Å². The number of likely N-dealkylation sites (tertiary alicyclic amines) is 1. The molecule has 4 rings (SSSR count). The summed E-state index contributed by atoms with van der Waals surface area (Å²) in [5.74, 6) is -0.334. The Morgan fingerprint density at radius 2 is 1.56 bits per heavy atom. The van der Waals surface area contributed by atoms with E-state index in [0.717, 1.165) is 11.8 Å². The number of nitrogens with zero attached hydrogens (tertiary/aromatic N) is 3. The molecule has 1 N–H and O–H groups in total. The van der Waals surface area contributed by atoms with E-state index in [-0.39, 0.29) is 29.0 Å². The molecule has 0 bridgehead atoms. The highest BCUT2D eigenvalue weighted by atomic mass is 16.3. The van der Waals surface area contributed by atoms with Gasteiger partial charge in [0, 0.05) is 43.5 Å². The third kappa shape index (κ3) is 4.04. The number of carbonyl (C=O) groups is 3. The lowest BCUT2D eigenvalue weighted by atomic mass is 9.94. The number of amides is 3. The Hall–Kier alpha value is -3.09. The highest BCUT2D eigenvalue weighted by molar-refractivity contribution is 6.05. The average Bonchev–Trinajstić information content (AvgIpc) is 3.27. The molecule has 2 aromatic rings. The van der Waals surface area contributed by atoms with E-state index in [1.165, 1.54) is 0 Å². The van der Waals surface area contributed by atoms with Gasteiger partial charge in [-0.25, -0.2) is 0 Å². The molecular weight excluding hydrogens is 406 g/mol. The quantitative estimate of drug-likeness (QED) is 0.783. The molecule has 2 aliphatic rings. The van der Waals surface area contributed by atoms with Crippen LogP contribution in [0.25, 0.3) is 10.8 Å². The molecular formula is C25H31N3O4. The van der Waals surface area contributed by atoms with Crippen LogP contribution in [0.5, 0.6) is 5.75 Å². The summed E-state index contributed by atoms with van der Waals surface area (Å²) in [6.07, 6.45) is 1.36. The van der Waals surface area contributed by atoms with Gasteiger partial charge in [0.1, 0.15) is 11.8 Å². The Labute approximate surface area is 188 Å². The van der Waals surface area contributed by atoms with Crippen LogP contribution < -0.4 is 0 Å². The van der Waals surface area contributed by atoms with Crippen molar-refractivity contribution in [3.8, 4) is 5.75 Å². The van der Waals surface area contributed by atoms with Gasteiger partial charge in [-0.3, -0.25) is 14.4 Å². The number of phenols is 1. The molecule has 1 atom stereocenters. The molecule has 170 valence electrons. The summed E-state index contributed by atoms with van der Waals surface area (Å²) in [4.78, 5) is 44.3. The zero-order valence-corrected chi connectivity index (χ0v) is 19.0. The minimum absolute atomic E-state index is 0.0412. The number of carbonyl (C=O) groups excluding carboxylic acids is 3. The number of hydrogen-bond acceptors (Lipinski definition) is 4. The van der Waals surface area contributed by atoms with E-state index in [9.17, 15) is 19.5 Å². The zero-order chi connectivity index (χ0) is 23.0. The summed E-state index contributed by atoms with van der Waals surface area (Å²) in [5.41, 5.74) is -0.216. The summed E-state index contributed by atoms with van der Waals surface area (Å²) in [7, 11) is 0. The van der Waals surface area contributed by atoms with Crippen LogP contribution in [0.1, 0.15) is 44.0 Å². The van der Waals surface area contributed by atoms with Gasteiger partial charge in [0.05, 0.1) is 5.56 Å². The van der Waals surface area contributed by atoms with Gasteiger partial charge in [0.25, 0.3) is 5.91 Å². The maximum Gasteiger partial charge on any atom is 0.258 e. The van der Waals surface area contributed by atoms with Crippen molar-refractivity contribution in [2.45, 2.75) is 39.7 Å². The predicted octanol–water partition coefficient (Wildman–Crippen LogP) is 2.87. The highest BCUT2D eigenvalue weighted by Gasteiger charge is 2.39. The fourth-order valence-electron chi connectivity index (χ4n) is 4.66. The first-order valence-electron chi connectivity index (χ1n) is 11.3. The van der Waals surface area contributed by atoms with E-state index < -0.39 is 11.5 Å². The minimum atomic E-state index is -0.529. The standard InChI is InChI=1S/C25H31N3O4/c1-25(2,3)24(32)27-15-13-26(14-16-27)23(31)20-9-6-12-28(20)22(30)19-11-10-17-7-4-5-8-18(17)21(19)29/h4-5,7-8,10-11,20,29H,6,9,12-16H2,1-3H3. The smallest absolute Gasteiger partial charge is 0.258 e. The fraction of sp³-hybridized carbons (Fsp3) is 0.480. The van der Waals surface area contributed by atoms with Crippen LogP contribution in [0, 0.1) is 5.41 Å². The number of aromatic hydroxyl groups is 1.